The Labute approximate surface area is 129 Å². The van der Waals surface area contributed by atoms with Crippen molar-refractivity contribution in [3.63, 3.8) is 0 Å². The number of aromatic nitrogens is 6. The van der Waals surface area contributed by atoms with Gasteiger partial charge in [0.25, 0.3) is 0 Å². The second-order valence-corrected chi connectivity index (χ2v) is 6.07. The Bertz CT molecular complexity index is 863. The molecular weight excluding hydrogens is 321 g/mol. The minimum atomic E-state index is -4.33. The summed E-state index contributed by atoms with van der Waals surface area (Å²) in [7, 11) is -4.33. The van der Waals surface area contributed by atoms with Crippen LogP contribution >= 0.6 is 7.60 Å². The lowest BCUT2D eigenvalue weighted by Crippen LogP contribution is -2.06. The second-order valence-electron chi connectivity index (χ2n) is 4.47. The van der Waals surface area contributed by atoms with Crippen molar-refractivity contribution in [2.45, 2.75) is 0 Å². The maximum absolute atomic E-state index is 11.1. The molecule has 0 aliphatic rings. The summed E-state index contributed by atoms with van der Waals surface area (Å²) >= 11 is 0. The van der Waals surface area contributed by atoms with Crippen molar-refractivity contribution in [1.82, 2.24) is 30.4 Å². The van der Waals surface area contributed by atoms with E-state index in [1.54, 1.807) is 12.1 Å². The van der Waals surface area contributed by atoms with E-state index in [1.807, 2.05) is 0 Å². The smallest absolute Gasteiger partial charge is 0.357 e. The van der Waals surface area contributed by atoms with Gasteiger partial charge in [-0.3, -0.25) is 14.5 Å². The Morgan fingerprint density at radius 2 is 1.35 bits per heavy atom. The minimum absolute atomic E-state index is 0.126. The summed E-state index contributed by atoms with van der Waals surface area (Å²) in [5.74, 6) is 0.349. The molecule has 23 heavy (non-hydrogen) atoms. The third kappa shape index (κ3) is 3.34. The molecule has 0 amide bonds. The molecule has 0 saturated carbocycles. The van der Waals surface area contributed by atoms with Crippen LogP contribution in [0.25, 0.3) is 23.0 Å². The first-order chi connectivity index (χ1) is 10.9. The largest absolute Gasteiger partial charge is 0.397 e. The standard InChI is InChI=1S/C12H10N7O3P/c13-7-1-3-9(14-5-7)11-16-18-12(19-17-11)10-4-2-8(6-15-10)23(20,21)22/h1-6H,13H2,(H2,20,21,22). The van der Waals surface area contributed by atoms with Gasteiger partial charge in [0, 0.05) is 6.20 Å². The maximum atomic E-state index is 11.1. The second kappa shape index (κ2) is 5.76. The molecule has 3 aromatic heterocycles. The number of hydrogen-bond acceptors (Lipinski definition) is 8. The van der Waals surface area contributed by atoms with Crippen LogP contribution in [0.4, 0.5) is 5.69 Å². The third-order valence-corrected chi connectivity index (χ3v) is 3.74. The van der Waals surface area contributed by atoms with Crippen molar-refractivity contribution in [1.29, 1.82) is 0 Å². The Hall–Kier alpha value is -2.81. The van der Waals surface area contributed by atoms with Gasteiger partial charge in [-0.1, -0.05) is 0 Å². The van der Waals surface area contributed by atoms with Crippen molar-refractivity contribution in [3.8, 4) is 23.0 Å². The van der Waals surface area contributed by atoms with E-state index in [4.69, 9.17) is 15.5 Å². The van der Waals surface area contributed by atoms with Crippen LogP contribution in [-0.4, -0.2) is 40.1 Å². The van der Waals surface area contributed by atoms with Crippen molar-refractivity contribution >= 4 is 18.6 Å². The van der Waals surface area contributed by atoms with Crippen LogP contribution in [0, 0.1) is 0 Å². The molecule has 0 aromatic carbocycles. The first-order valence-corrected chi connectivity index (χ1v) is 7.86. The van der Waals surface area contributed by atoms with E-state index < -0.39 is 7.60 Å². The third-order valence-electron chi connectivity index (χ3n) is 2.81. The van der Waals surface area contributed by atoms with Gasteiger partial charge in [-0.2, -0.15) is 0 Å². The molecule has 4 N–H and O–H groups in total. The van der Waals surface area contributed by atoms with Gasteiger partial charge >= 0.3 is 7.60 Å². The normalized spacial score (nSPS) is 11.4. The zero-order chi connectivity index (χ0) is 16.4. The Balaban J connectivity index is 1.87. The number of nitrogens with two attached hydrogens (primary N) is 1. The highest BCUT2D eigenvalue weighted by molar-refractivity contribution is 7.60. The van der Waals surface area contributed by atoms with E-state index in [2.05, 4.69) is 30.4 Å². The summed E-state index contributed by atoms with van der Waals surface area (Å²) < 4.78 is 11.1. The summed E-state index contributed by atoms with van der Waals surface area (Å²) in [6.07, 6.45) is 2.53. The van der Waals surface area contributed by atoms with Crippen LogP contribution in [0.15, 0.2) is 36.7 Å². The molecule has 10 nitrogen and oxygen atoms in total. The fraction of sp³-hybridized carbons (Fsp3) is 0. The van der Waals surface area contributed by atoms with E-state index in [0.29, 0.717) is 17.1 Å². The fourth-order valence-corrected chi connectivity index (χ4v) is 2.14. The van der Waals surface area contributed by atoms with Crippen LogP contribution in [0.1, 0.15) is 0 Å². The molecule has 3 rings (SSSR count). The van der Waals surface area contributed by atoms with E-state index in [1.165, 1.54) is 18.3 Å². The zero-order valence-corrected chi connectivity index (χ0v) is 12.4. The van der Waals surface area contributed by atoms with Crippen LogP contribution in [0.2, 0.25) is 0 Å². The van der Waals surface area contributed by atoms with Crippen LogP contribution < -0.4 is 11.0 Å². The number of nitrogens with zero attached hydrogens (tertiary/aromatic N) is 6. The highest BCUT2D eigenvalue weighted by Gasteiger charge is 2.18. The highest BCUT2D eigenvalue weighted by Crippen LogP contribution is 2.32. The number of nitrogen functional groups attached to an aromatic ring is 1. The molecule has 0 bridgehead atoms. The van der Waals surface area contributed by atoms with Crippen LogP contribution in [0.5, 0.6) is 0 Å². The summed E-state index contributed by atoms with van der Waals surface area (Å²) in [6.45, 7) is 0. The van der Waals surface area contributed by atoms with Gasteiger partial charge in [-0.25, -0.2) is 0 Å². The zero-order valence-electron chi connectivity index (χ0n) is 11.5. The molecule has 0 fully saturated rings. The molecule has 11 heteroatoms. The molecule has 116 valence electrons. The molecule has 0 unspecified atom stereocenters. The van der Waals surface area contributed by atoms with Crippen molar-refractivity contribution in [2.24, 2.45) is 0 Å². The van der Waals surface area contributed by atoms with E-state index in [-0.39, 0.29) is 17.0 Å². The molecule has 3 heterocycles. The molecule has 0 saturated heterocycles. The Kier molecular flexibility index (Phi) is 3.78. The van der Waals surface area contributed by atoms with Crippen LogP contribution in [0.3, 0.4) is 0 Å². The number of pyridine rings is 2. The Morgan fingerprint density at radius 1 is 0.826 bits per heavy atom. The highest BCUT2D eigenvalue weighted by atomic mass is 31.2. The summed E-state index contributed by atoms with van der Waals surface area (Å²) in [4.78, 5) is 26.0. The van der Waals surface area contributed by atoms with Gasteiger partial charge in [0.2, 0.25) is 11.6 Å². The predicted octanol–water partition coefficient (Wildman–Crippen LogP) is -0.224. The lowest BCUT2D eigenvalue weighted by Gasteiger charge is -2.04. The van der Waals surface area contributed by atoms with Gasteiger partial charge in [0.15, 0.2) is 0 Å². The van der Waals surface area contributed by atoms with Crippen molar-refractivity contribution < 1.29 is 14.4 Å². The first-order valence-electron chi connectivity index (χ1n) is 6.25. The lowest BCUT2D eigenvalue weighted by molar-refractivity contribution is 0.387. The molecule has 0 aliphatic heterocycles. The quantitative estimate of drug-likeness (QED) is 0.547. The van der Waals surface area contributed by atoms with Crippen molar-refractivity contribution in [3.05, 3.63) is 36.7 Å². The molecule has 0 radical (unpaired) electrons. The van der Waals surface area contributed by atoms with Crippen LogP contribution in [-0.2, 0) is 4.57 Å². The number of anilines is 1. The van der Waals surface area contributed by atoms with E-state index in [0.717, 1.165) is 6.20 Å². The van der Waals surface area contributed by atoms with Gasteiger partial charge in [0.1, 0.15) is 11.4 Å². The summed E-state index contributed by atoms with van der Waals surface area (Å²) in [5.41, 5.74) is 6.82. The summed E-state index contributed by atoms with van der Waals surface area (Å²) in [5, 5.41) is 15.4. The van der Waals surface area contributed by atoms with Gasteiger partial charge in [0.05, 0.1) is 17.2 Å². The van der Waals surface area contributed by atoms with Gasteiger partial charge in [-0.15, -0.1) is 20.4 Å². The lowest BCUT2D eigenvalue weighted by atomic mass is 10.3. The van der Waals surface area contributed by atoms with E-state index >= 15 is 0 Å². The average Bonchev–Trinajstić information content (AvgIpc) is 2.55. The van der Waals surface area contributed by atoms with Crippen molar-refractivity contribution in [2.75, 3.05) is 5.73 Å². The first kappa shape index (κ1) is 15.1. The molecule has 3 aromatic rings. The monoisotopic (exact) mass is 331 g/mol. The SMILES string of the molecule is Nc1ccc(-c2nnc(-c3ccc(P(=O)(O)O)cn3)nn2)nc1. The van der Waals surface area contributed by atoms with Gasteiger partial charge in [-0.05, 0) is 24.3 Å². The molecular formula is C12H10N7O3P. The average molecular weight is 331 g/mol. The number of hydrogen-bond donors (Lipinski definition) is 3. The minimum Gasteiger partial charge on any atom is -0.397 e. The molecule has 0 aliphatic carbocycles. The molecule has 0 atom stereocenters. The summed E-state index contributed by atoms with van der Waals surface area (Å²) in [6, 6.07) is 5.93. The topological polar surface area (TPSA) is 161 Å². The number of rotatable bonds is 3. The predicted molar refractivity (Wildman–Crippen MR) is 80.2 cm³/mol. The Morgan fingerprint density at radius 3 is 1.74 bits per heavy atom. The van der Waals surface area contributed by atoms with Gasteiger partial charge < -0.3 is 15.5 Å². The van der Waals surface area contributed by atoms with E-state index in [9.17, 15) is 4.57 Å². The fourth-order valence-electron chi connectivity index (χ4n) is 1.66. The maximum Gasteiger partial charge on any atom is 0.357 e. The molecule has 0 spiro atoms.